The van der Waals surface area contributed by atoms with Gasteiger partial charge < -0.3 is 19.5 Å². The highest BCUT2D eigenvalue weighted by atomic mass is 28.3. The van der Waals surface area contributed by atoms with E-state index < -0.39 is 8.07 Å². The third kappa shape index (κ3) is 6.07. The zero-order chi connectivity index (χ0) is 22.7. The Kier molecular flexibility index (Phi) is 6.80. The minimum atomic E-state index is -1.11. The van der Waals surface area contributed by atoms with Crippen molar-refractivity contribution in [2.45, 2.75) is 64.1 Å². The first-order valence-electron chi connectivity index (χ1n) is 11.5. The van der Waals surface area contributed by atoms with Crippen LogP contribution in [0.4, 0.5) is 10.6 Å². The molecule has 2 fully saturated rings. The number of likely N-dealkylation sites (tertiary alicyclic amines) is 1. The lowest BCUT2D eigenvalue weighted by Crippen LogP contribution is -2.51. The van der Waals surface area contributed by atoms with Crippen LogP contribution in [-0.4, -0.2) is 65.2 Å². The number of hydrogen-bond acceptors (Lipinski definition) is 5. The average Bonchev–Trinajstić information content (AvgIpc) is 3.51. The number of hydrogen-bond donors (Lipinski definition) is 2. The number of carbonyl (C=O) groups excluding carboxylic acids is 2. The minimum Gasteiger partial charge on any atom is -0.361 e. The maximum Gasteiger partial charge on any atom is 0.320 e. The summed E-state index contributed by atoms with van der Waals surface area (Å²) in [7, 11) is -1.11. The highest BCUT2D eigenvalue weighted by Crippen LogP contribution is 2.31. The lowest BCUT2D eigenvalue weighted by atomic mass is 10.1. The van der Waals surface area contributed by atoms with E-state index >= 15 is 0 Å². The Morgan fingerprint density at radius 1 is 1.25 bits per heavy atom. The van der Waals surface area contributed by atoms with Crippen molar-refractivity contribution in [3.63, 3.8) is 0 Å². The first-order chi connectivity index (χ1) is 15.3. The van der Waals surface area contributed by atoms with Gasteiger partial charge in [-0.1, -0.05) is 19.6 Å². The molecule has 0 aromatic carbocycles. The zero-order valence-corrected chi connectivity index (χ0v) is 20.3. The lowest BCUT2D eigenvalue weighted by Gasteiger charge is -2.33. The second-order valence-corrected chi connectivity index (χ2v) is 15.7. The third-order valence-electron chi connectivity index (χ3n) is 5.93. The normalized spacial score (nSPS) is 19.2. The fourth-order valence-corrected chi connectivity index (χ4v) is 4.65. The van der Waals surface area contributed by atoms with E-state index in [0.29, 0.717) is 24.6 Å². The van der Waals surface area contributed by atoms with Crippen LogP contribution in [-0.2, 0) is 16.3 Å². The number of piperidine rings is 1. The second kappa shape index (κ2) is 9.58. The molecule has 2 aromatic heterocycles. The van der Waals surface area contributed by atoms with Crippen LogP contribution in [0, 0.1) is 5.92 Å². The first kappa shape index (κ1) is 22.7. The van der Waals surface area contributed by atoms with Gasteiger partial charge in [-0.05, 0) is 37.8 Å². The topological polar surface area (TPSA) is 101 Å². The molecule has 1 saturated heterocycles. The summed E-state index contributed by atoms with van der Waals surface area (Å²) in [6.45, 7) is 9.53. The maximum absolute atomic E-state index is 12.5. The summed E-state index contributed by atoms with van der Waals surface area (Å²) in [6, 6.07) is 2.63. The van der Waals surface area contributed by atoms with Gasteiger partial charge in [0, 0.05) is 45.9 Å². The number of aromatic nitrogens is 3. The van der Waals surface area contributed by atoms with Crippen molar-refractivity contribution in [3.05, 3.63) is 18.5 Å². The molecule has 1 saturated carbocycles. The largest absolute Gasteiger partial charge is 0.361 e. The molecule has 10 heteroatoms. The van der Waals surface area contributed by atoms with Crippen LogP contribution >= 0.6 is 0 Å². The number of ether oxygens (including phenoxy) is 1. The third-order valence-corrected chi connectivity index (χ3v) is 7.63. The molecule has 1 aliphatic heterocycles. The number of urea groups is 1. The lowest BCUT2D eigenvalue weighted by molar-refractivity contribution is -0.133. The molecule has 9 nitrogen and oxygen atoms in total. The van der Waals surface area contributed by atoms with E-state index in [1.54, 1.807) is 6.20 Å². The Bertz CT molecular complexity index is 968. The minimum absolute atomic E-state index is 0.0440. The van der Waals surface area contributed by atoms with Crippen molar-refractivity contribution < 1.29 is 14.3 Å². The van der Waals surface area contributed by atoms with E-state index in [1.807, 2.05) is 21.7 Å². The van der Waals surface area contributed by atoms with Crippen LogP contribution < -0.4 is 10.6 Å². The molecule has 32 heavy (non-hydrogen) atoms. The maximum atomic E-state index is 12.5. The summed E-state index contributed by atoms with van der Waals surface area (Å²) in [5.41, 5.74) is 1.43. The van der Waals surface area contributed by atoms with Gasteiger partial charge in [0.25, 0.3) is 0 Å². The first-order valence-corrected chi connectivity index (χ1v) is 15.3. The Balaban J connectivity index is 1.28. The molecule has 4 rings (SSSR count). The van der Waals surface area contributed by atoms with Crippen LogP contribution in [0.3, 0.4) is 0 Å². The van der Waals surface area contributed by atoms with Crippen molar-refractivity contribution in [2.75, 3.05) is 25.0 Å². The number of rotatable bonds is 8. The van der Waals surface area contributed by atoms with E-state index in [2.05, 4.69) is 40.2 Å². The van der Waals surface area contributed by atoms with Gasteiger partial charge in [0.05, 0.1) is 6.20 Å². The molecular weight excluding hydrogens is 424 g/mol. The number of nitrogens with zero attached hydrogens (tertiary/aromatic N) is 4. The molecule has 1 aliphatic carbocycles. The van der Waals surface area contributed by atoms with E-state index in [4.69, 9.17) is 4.74 Å². The quantitative estimate of drug-likeness (QED) is 0.467. The van der Waals surface area contributed by atoms with Crippen LogP contribution in [0.15, 0.2) is 18.5 Å². The van der Waals surface area contributed by atoms with E-state index in [1.165, 1.54) is 0 Å². The Hall–Kier alpha value is -2.46. The molecule has 0 bridgehead atoms. The van der Waals surface area contributed by atoms with E-state index in [-0.39, 0.29) is 23.9 Å². The van der Waals surface area contributed by atoms with Gasteiger partial charge in [-0.3, -0.25) is 10.1 Å². The van der Waals surface area contributed by atoms with Gasteiger partial charge in [-0.2, -0.15) is 0 Å². The van der Waals surface area contributed by atoms with Crippen molar-refractivity contribution in [3.8, 4) is 0 Å². The average molecular weight is 459 g/mol. The molecule has 1 unspecified atom stereocenters. The van der Waals surface area contributed by atoms with Gasteiger partial charge in [-0.25, -0.2) is 14.8 Å². The summed E-state index contributed by atoms with van der Waals surface area (Å²) in [5, 5.41) is 5.75. The van der Waals surface area contributed by atoms with Crippen molar-refractivity contribution in [1.82, 2.24) is 24.8 Å². The molecule has 3 heterocycles. The summed E-state index contributed by atoms with van der Waals surface area (Å²) in [4.78, 5) is 35.7. The Morgan fingerprint density at radius 2 is 2.06 bits per heavy atom. The van der Waals surface area contributed by atoms with Gasteiger partial charge in [0.15, 0.2) is 11.5 Å². The summed E-state index contributed by atoms with van der Waals surface area (Å²) >= 11 is 0. The van der Waals surface area contributed by atoms with Crippen molar-refractivity contribution in [1.29, 1.82) is 0 Å². The SMILES string of the molecule is C[Si](C)(C)CCOCn1ccc2nc(NC(=O)NC3CCCN(C(=O)C4CC4)C3)cnc21. The van der Waals surface area contributed by atoms with Gasteiger partial charge in [0.2, 0.25) is 5.91 Å². The number of nitrogens with one attached hydrogen (secondary N) is 2. The Labute approximate surface area is 189 Å². The highest BCUT2D eigenvalue weighted by Gasteiger charge is 2.35. The number of anilines is 1. The summed E-state index contributed by atoms with van der Waals surface area (Å²) in [6.07, 6.45) is 7.24. The number of amides is 3. The number of fused-ring (bicyclic) bond motifs is 1. The zero-order valence-electron chi connectivity index (χ0n) is 19.3. The van der Waals surface area contributed by atoms with Gasteiger partial charge >= 0.3 is 6.03 Å². The molecule has 3 amide bonds. The fourth-order valence-electron chi connectivity index (χ4n) is 3.89. The van der Waals surface area contributed by atoms with Crippen LogP contribution in [0.1, 0.15) is 25.7 Å². The predicted octanol–water partition coefficient (Wildman–Crippen LogP) is 3.27. The van der Waals surface area contributed by atoms with Gasteiger partial charge in [-0.15, -0.1) is 0 Å². The Morgan fingerprint density at radius 3 is 2.81 bits per heavy atom. The monoisotopic (exact) mass is 458 g/mol. The molecule has 2 aromatic rings. The second-order valence-electron chi connectivity index (χ2n) is 10.1. The molecule has 1 atom stereocenters. The molecule has 0 radical (unpaired) electrons. The molecular formula is C22H34N6O3Si. The number of carbonyl (C=O) groups is 2. The van der Waals surface area contributed by atoms with Crippen LogP contribution in [0.5, 0.6) is 0 Å². The van der Waals surface area contributed by atoms with Crippen molar-refractivity contribution in [2.24, 2.45) is 5.92 Å². The molecule has 0 spiro atoms. The van der Waals surface area contributed by atoms with Crippen LogP contribution in [0.25, 0.3) is 11.2 Å². The van der Waals surface area contributed by atoms with E-state index in [9.17, 15) is 9.59 Å². The highest BCUT2D eigenvalue weighted by molar-refractivity contribution is 6.76. The van der Waals surface area contributed by atoms with Crippen LogP contribution in [0.2, 0.25) is 25.7 Å². The fraction of sp³-hybridized carbons (Fsp3) is 0.636. The predicted molar refractivity (Wildman–Crippen MR) is 126 cm³/mol. The van der Waals surface area contributed by atoms with E-state index in [0.717, 1.165) is 50.5 Å². The van der Waals surface area contributed by atoms with Crippen molar-refractivity contribution >= 4 is 37.0 Å². The molecule has 2 N–H and O–H groups in total. The summed E-state index contributed by atoms with van der Waals surface area (Å²) in [5.74, 6) is 0.846. The smallest absolute Gasteiger partial charge is 0.320 e. The summed E-state index contributed by atoms with van der Waals surface area (Å²) < 4.78 is 7.73. The standard InChI is InChI=1S/C22H34N6O3Si/c1-32(2,3)12-11-31-15-28-10-8-18-20(28)23-13-19(25-18)26-22(30)24-17-5-4-9-27(14-17)21(29)16-6-7-16/h8,10,13,16-17H,4-7,9,11-12,14-15H2,1-3H3,(H2,24,25,26,30). The molecule has 2 aliphatic rings. The molecule has 174 valence electrons. The van der Waals surface area contributed by atoms with Gasteiger partial charge in [0.1, 0.15) is 12.2 Å².